The molecule has 0 spiro atoms. The Morgan fingerprint density at radius 3 is 1.81 bits per heavy atom. The molecule has 0 bridgehead atoms. The van der Waals surface area contributed by atoms with Gasteiger partial charge in [-0.15, -0.1) is 29.7 Å². The van der Waals surface area contributed by atoms with E-state index in [9.17, 15) is 20.6 Å². The van der Waals surface area contributed by atoms with Gasteiger partial charge in [0.25, 0.3) is 6.33 Å². The molecule has 11 aromatic carbocycles. The van der Waals surface area contributed by atoms with Gasteiger partial charge in [0.05, 0.1) is 42.8 Å². The van der Waals surface area contributed by atoms with Gasteiger partial charge in [-0.1, -0.05) is 254 Å². The maximum Gasteiger partial charge on any atom is 0.268 e. The third kappa shape index (κ3) is 9.51. The molecule has 2 aliphatic rings. The number of aromatic nitrogens is 4. The summed E-state index contributed by atoms with van der Waals surface area (Å²) >= 11 is 0. The standard InChI is InChI=1S/C84H68N4OSi.Pt/c1-82(2,3)57-44-47-85-79(48-57)88-76-41-23-22-38-68(76)69-43-42-60(50-77(69)88)89-59-29-24-28-58(49-59)86-55-87-80-65(56-26-12-8-13-27-56)39-25-40-70(80)72-54-75-74(83(4,5)45-46-84(75,6)7)53-71(72)66-36-20-21-37-67(66)73-51-64(52-78(86)81(73)87)90(61-30-14-9-15-31-61,62-32-16-10-17-33-62)63-34-18-11-19-35-63;/h8-44,47-48,51-54H,45-46H2,1-7H3;/q-2;/i8D,9D,10D,11D,12D,13D,14D,15D,16D,17D,18D,19D,26D,27D,30D,31D,32D,33D,34D;. The van der Waals surface area contributed by atoms with Crippen molar-refractivity contribution in [3.63, 3.8) is 0 Å². The molecule has 0 atom stereocenters. The topological polar surface area (TPSA) is 35.9 Å². The summed E-state index contributed by atoms with van der Waals surface area (Å²) in [4.78, 5) is 4.88. The van der Waals surface area contributed by atoms with Crippen LogP contribution < -0.4 is 30.1 Å². The fraction of sp³-hybridized carbons (Fsp3) is 0.143. The van der Waals surface area contributed by atoms with Crippen molar-refractivity contribution in [2.45, 2.75) is 77.6 Å². The Hall–Kier alpha value is -9.45. The zero-order chi connectivity index (χ0) is 77.6. The molecule has 91 heavy (non-hydrogen) atoms. The van der Waals surface area contributed by atoms with Gasteiger partial charge in [-0.2, -0.15) is 18.2 Å². The number of benzene rings is 11. The maximum atomic E-state index is 10.2. The quantitative estimate of drug-likeness (QED) is 0.0625. The van der Waals surface area contributed by atoms with E-state index >= 15 is 0 Å². The molecule has 446 valence electrons. The Morgan fingerprint density at radius 1 is 0.516 bits per heavy atom. The summed E-state index contributed by atoms with van der Waals surface area (Å²) in [6, 6.07) is 35.0. The molecule has 0 saturated heterocycles. The van der Waals surface area contributed by atoms with Crippen LogP contribution in [0, 0.1) is 18.5 Å². The number of hydrogen-bond acceptors (Lipinski definition) is 2. The van der Waals surface area contributed by atoms with Crippen molar-refractivity contribution in [3.8, 4) is 73.2 Å². The van der Waals surface area contributed by atoms with E-state index in [1.807, 2.05) is 71.3 Å². The van der Waals surface area contributed by atoms with Crippen molar-refractivity contribution in [1.29, 1.82) is 0 Å². The van der Waals surface area contributed by atoms with Crippen molar-refractivity contribution in [2.24, 2.45) is 0 Å². The number of hydrogen-bond donors (Lipinski definition) is 0. The minimum absolute atomic E-state index is 0. The molecule has 7 heteroatoms. The van der Waals surface area contributed by atoms with Gasteiger partial charge in [-0.05, 0) is 146 Å². The zero-order valence-electron chi connectivity index (χ0n) is 69.8. The van der Waals surface area contributed by atoms with Crippen LogP contribution in [-0.2, 0) is 37.3 Å². The fourth-order valence-corrected chi connectivity index (χ4v) is 17.6. The molecule has 1 aliphatic heterocycles. The number of rotatable bonds is 9. The Morgan fingerprint density at radius 2 is 1.11 bits per heavy atom. The number of nitrogens with zero attached hydrogens (tertiary/aromatic N) is 4. The molecule has 4 heterocycles. The Balaban J connectivity index is 0.00000961. The Kier molecular flexibility index (Phi) is 9.83. The van der Waals surface area contributed by atoms with Gasteiger partial charge in [-0.25, -0.2) is 4.98 Å². The van der Waals surface area contributed by atoms with Crippen LogP contribution in [0.3, 0.4) is 0 Å². The molecule has 0 radical (unpaired) electrons. The summed E-state index contributed by atoms with van der Waals surface area (Å²) in [5.74, 6) is 1.09. The van der Waals surface area contributed by atoms with Crippen LogP contribution in [-0.4, -0.2) is 22.2 Å². The van der Waals surface area contributed by atoms with Crippen molar-refractivity contribution >= 4 is 61.7 Å². The van der Waals surface area contributed by atoms with Crippen LogP contribution in [0.4, 0.5) is 0 Å². The van der Waals surface area contributed by atoms with Gasteiger partial charge in [0, 0.05) is 44.3 Å². The molecule has 0 amide bonds. The van der Waals surface area contributed by atoms with Crippen LogP contribution >= 0.6 is 0 Å². The monoisotopic (exact) mass is 1390 g/mol. The summed E-state index contributed by atoms with van der Waals surface area (Å²) in [7, 11) is -5.73. The van der Waals surface area contributed by atoms with Crippen molar-refractivity contribution in [3.05, 3.63) is 296 Å². The summed E-state index contributed by atoms with van der Waals surface area (Å²) < 4.78 is 194. The summed E-state index contributed by atoms with van der Waals surface area (Å²) in [6.45, 7) is 15.2. The Bertz CT molecular complexity index is 6210. The number of ether oxygens (including phenoxy) is 1. The second-order valence-corrected chi connectivity index (χ2v) is 29.2. The van der Waals surface area contributed by atoms with Crippen LogP contribution in [0.5, 0.6) is 11.5 Å². The van der Waals surface area contributed by atoms with E-state index in [0.717, 1.165) is 51.9 Å². The fourth-order valence-electron chi connectivity index (χ4n) is 13.7. The molecular formula is C84H68N4OPtSi-2. The molecule has 0 fully saturated rings. The molecule has 0 unspecified atom stereocenters. The van der Waals surface area contributed by atoms with Gasteiger partial charge in [0.2, 0.25) is 0 Å². The SMILES string of the molecule is [2H]c1cc([Si](c2cc3c4c(c2)n(-c2[c-]c(Oc5[c-]c6c(cc5)c5ccccc5n6-c5cc(C(C)(C)C)ccn5)ccc2)[c-][n+]4-c2c(cccc2-c2c([2H])c([2H])c([2H])c([2H])c2[2H])-c2cc4c(cc2-c2ccccc2-3)C(C)(C)CCC4(C)C)(c2c([2H])c([2H])c([2H])c([2H])c2[2H])c2c([2H])c([2H])c([2H])c([2H])c2[2H])c([2H])c([2H])c1[2H].[Pt]. The van der Waals surface area contributed by atoms with E-state index in [1.54, 1.807) is 63.9 Å². The van der Waals surface area contributed by atoms with Crippen LogP contribution in [0.2, 0.25) is 0 Å². The third-order valence-electron chi connectivity index (χ3n) is 18.3. The van der Waals surface area contributed by atoms with Gasteiger partial charge in [0.1, 0.15) is 5.82 Å². The second-order valence-electron chi connectivity index (χ2n) is 25.5. The first-order valence-corrected chi connectivity index (χ1v) is 32.0. The maximum absolute atomic E-state index is 10.2. The van der Waals surface area contributed by atoms with Gasteiger partial charge in [-0.3, -0.25) is 4.57 Å². The van der Waals surface area contributed by atoms with E-state index in [4.69, 9.17) is 15.2 Å². The minimum Gasteiger partial charge on any atom is -0.510 e. The largest absolute Gasteiger partial charge is 0.510 e. The van der Waals surface area contributed by atoms with E-state index < -0.39 is 149 Å². The van der Waals surface area contributed by atoms with Crippen LogP contribution in [0.1, 0.15) is 104 Å². The normalized spacial score (nSPS) is 16.8. The van der Waals surface area contributed by atoms with Crippen molar-refractivity contribution in [1.82, 2.24) is 14.1 Å². The van der Waals surface area contributed by atoms with E-state index in [0.29, 0.717) is 39.2 Å². The zero-order valence-corrected chi connectivity index (χ0v) is 54.1. The average Bonchev–Trinajstić information content (AvgIpc) is 1.15. The molecular weight excluding hydrogens is 1300 g/mol. The molecule has 3 aromatic heterocycles. The second kappa shape index (κ2) is 22.2. The summed E-state index contributed by atoms with van der Waals surface area (Å²) in [6.07, 6.45) is 7.12. The van der Waals surface area contributed by atoms with Crippen LogP contribution in [0.25, 0.3) is 94.5 Å². The first-order chi connectivity index (χ1) is 51.6. The van der Waals surface area contributed by atoms with E-state index in [1.165, 1.54) is 0 Å². The van der Waals surface area contributed by atoms with Crippen molar-refractivity contribution in [2.75, 3.05) is 0 Å². The summed E-state index contributed by atoms with van der Waals surface area (Å²) in [5, 5.41) is 0.123. The number of fused-ring (bicyclic) bond motifs is 11. The van der Waals surface area contributed by atoms with Gasteiger partial charge in [0.15, 0.2) is 8.07 Å². The van der Waals surface area contributed by atoms with E-state index in [2.05, 4.69) is 85.1 Å². The van der Waals surface area contributed by atoms with Gasteiger partial charge >= 0.3 is 0 Å². The number of imidazole rings is 1. The number of para-hydroxylation sites is 2. The van der Waals surface area contributed by atoms with E-state index in [-0.39, 0.29) is 82.3 Å². The molecule has 16 rings (SSSR count). The first-order valence-electron chi connectivity index (χ1n) is 39.5. The summed E-state index contributed by atoms with van der Waals surface area (Å²) in [5.41, 5.74) is 7.83. The number of pyridine rings is 1. The third-order valence-corrected chi connectivity index (χ3v) is 22.6. The smallest absolute Gasteiger partial charge is 0.268 e. The molecule has 0 N–H and O–H groups in total. The van der Waals surface area contributed by atoms with Gasteiger partial charge < -0.3 is 13.9 Å². The Labute approximate surface area is 575 Å². The molecule has 5 nitrogen and oxygen atoms in total. The molecule has 0 saturated carbocycles. The predicted octanol–water partition coefficient (Wildman–Crippen LogP) is 17.6. The average molecular weight is 1390 g/mol. The molecule has 14 aromatic rings. The minimum atomic E-state index is -5.73. The van der Waals surface area contributed by atoms with Crippen molar-refractivity contribution < 1.29 is 56.4 Å². The predicted molar refractivity (Wildman–Crippen MR) is 373 cm³/mol. The molecule has 1 aliphatic carbocycles. The first kappa shape index (κ1) is 40.3. The van der Waals surface area contributed by atoms with Crippen LogP contribution in [0.15, 0.2) is 261 Å².